The van der Waals surface area contributed by atoms with Crippen LogP contribution in [0.15, 0.2) is 27.9 Å². The van der Waals surface area contributed by atoms with Gasteiger partial charge in [-0.05, 0) is 36.3 Å². The standard InChI is InChI=1S/C15H15N9O5/c1-7(9-4-5-11(28-3)10(6-9)24(26)27)17-19-15(25)12-8(2)18-22-23(12)14-13(16)20-29-21-14/h4-6H,1-3H3,(H2,16,20)(H,19,25). The molecule has 2 heterocycles. The lowest BCUT2D eigenvalue weighted by atomic mass is 10.1. The number of nitro benzene ring substituents is 1. The largest absolute Gasteiger partial charge is 0.490 e. The number of aryl methyl sites for hydroxylation is 1. The molecule has 0 aliphatic carbocycles. The lowest BCUT2D eigenvalue weighted by molar-refractivity contribution is -0.385. The first kappa shape index (κ1) is 19.4. The molecule has 0 bridgehead atoms. The number of hydrogen-bond acceptors (Lipinski definition) is 11. The Morgan fingerprint density at radius 2 is 2.17 bits per heavy atom. The van der Waals surface area contributed by atoms with Gasteiger partial charge in [-0.15, -0.1) is 5.10 Å². The molecule has 29 heavy (non-hydrogen) atoms. The Hall–Kier alpha value is -4.36. The smallest absolute Gasteiger partial charge is 0.311 e. The zero-order valence-corrected chi connectivity index (χ0v) is 15.5. The predicted molar refractivity (Wildman–Crippen MR) is 97.7 cm³/mol. The molecule has 0 unspecified atom stereocenters. The van der Waals surface area contributed by atoms with Crippen LogP contribution in [0.3, 0.4) is 0 Å². The number of nitrogen functional groups attached to an aromatic ring is 1. The lowest BCUT2D eigenvalue weighted by Crippen LogP contribution is -2.24. The van der Waals surface area contributed by atoms with Crippen LogP contribution in [0.2, 0.25) is 0 Å². The summed E-state index contributed by atoms with van der Waals surface area (Å²) in [5.41, 5.74) is 8.81. The van der Waals surface area contributed by atoms with E-state index in [4.69, 9.17) is 10.5 Å². The van der Waals surface area contributed by atoms with Gasteiger partial charge >= 0.3 is 5.69 Å². The first-order chi connectivity index (χ1) is 13.8. The maximum atomic E-state index is 12.6. The van der Waals surface area contributed by atoms with Gasteiger partial charge in [-0.1, -0.05) is 5.21 Å². The van der Waals surface area contributed by atoms with E-state index in [1.807, 2.05) is 0 Å². The lowest BCUT2D eigenvalue weighted by Gasteiger charge is -2.06. The number of hydrazone groups is 1. The van der Waals surface area contributed by atoms with E-state index < -0.39 is 10.8 Å². The van der Waals surface area contributed by atoms with E-state index in [-0.39, 0.29) is 34.5 Å². The molecule has 0 saturated carbocycles. The molecule has 0 fully saturated rings. The predicted octanol–water partition coefficient (Wildman–Crippen LogP) is 0.612. The average molecular weight is 401 g/mol. The summed E-state index contributed by atoms with van der Waals surface area (Å²) in [5, 5.41) is 29.8. The molecule has 0 aliphatic heterocycles. The molecular formula is C15H15N9O5. The summed E-state index contributed by atoms with van der Waals surface area (Å²) in [7, 11) is 1.33. The number of hydrogen-bond donors (Lipinski definition) is 2. The average Bonchev–Trinajstić information content (AvgIpc) is 3.30. The number of methoxy groups -OCH3 is 1. The van der Waals surface area contributed by atoms with Crippen LogP contribution in [0.4, 0.5) is 11.5 Å². The molecule has 0 aliphatic rings. The Bertz CT molecular complexity index is 1120. The summed E-state index contributed by atoms with van der Waals surface area (Å²) < 4.78 is 10.5. The second-order valence-electron chi connectivity index (χ2n) is 5.69. The van der Waals surface area contributed by atoms with Crippen molar-refractivity contribution >= 4 is 23.1 Å². The van der Waals surface area contributed by atoms with E-state index in [0.29, 0.717) is 11.3 Å². The molecule has 0 radical (unpaired) electrons. The number of nitrogens with two attached hydrogens (primary N) is 1. The van der Waals surface area contributed by atoms with E-state index in [1.165, 1.54) is 19.2 Å². The Morgan fingerprint density at radius 1 is 1.41 bits per heavy atom. The van der Waals surface area contributed by atoms with E-state index >= 15 is 0 Å². The molecule has 0 saturated heterocycles. The van der Waals surface area contributed by atoms with Crippen LogP contribution in [0.1, 0.15) is 28.7 Å². The third-order valence-electron chi connectivity index (χ3n) is 3.87. The SMILES string of the molecule is COc1ccc(C(C)=NNC(=O)c2c(C)nnn2-c2nonc2N)cc1[N+](=O)[O-]. The van der Waals surface area contributed by atoms with Gasteiger partial charge in [0.05, 0.1) is 23.4 Å². The van der Waals surface area contributed by atoms with Crippen molar-refractivity contribution in [3.63, 3.8) is 0 Å². The monoisotopic (exact) mass is 401 g/mol. The Labute approximate surface area is 162 Å². The highest BCUT2D eigenvalue weighted by molar-refractivity contribution is 6.01. The number of benzene rings is 1. The molecule has 3 aromatic rings. The molecule has 3 rings (SSSR count). The summed E-state index contributed by atoms with van der Waals surface area (Å²) in [6.07, 6.45) is 0. The second-order valence-corrected chi connectivity index (χ2v) is 5.69. The van der Waals surface area contributed by atoms with Crippen LogP contribution in [0.5, 0.6) is 5.75 Å². The van der Waals surface area contributed by atoms with Crippen molar-refractivity contribution in [2.24, 2.45) is 5.10 Å². The summed E-state index contributed by atoms with van der Waals surface area (Å²) in [5.74, 6) is -0.617. The quantitative estimate of drug-likeness (QED) is 0.336. The number of carbonyl (C=O) groups is 1. The number of nitrogens with zero attached hydrogens (tertiary/aromatic N) is 7. The molecule has 14 heteroatoms. The van der Waals surface area contributed by atoms with Crippen LogP contribution < -0.4 is 15.9 Å². The minimum atomic E-state index is -0.655. The highest BCUT2D eigenvalue weighted by atomic mass is 16.6. The third-order valence-corrected chi connectivity index (χ3v) is 3.87. The minimum absolute atomic E-state index is 0.00207. The fourth-order valence-electron chi connectivity index (χ4n) is 2.41. The maximum absolute atomic E-state index is 12.6. The van der Waals surface area contributed by atoms with Crippen LogP contribution in [-0.4, -0.2) is 49.0 Å². The van der Waals surface area contributed by atoms with Crippen molar-refractivity contribution in [1.29, 1.82) is 0 Å². The number of aromatic nitrogens is 5. The molecule has 14 nitrogen and oxygen atoms in total. The Balaban J connectivity index is 1.87. The molecule has 3 N–H and O–H groups in total. The third kappa shape index (κ3) is 3.71. The molecular weight excluding hydrogens is 386 g/mol. The summed E-state index contributed by atoms with van der Waals surface area (Å²) in [6.45, 7) is 3.14. The van der Waals surface area contributed by atoms with Gasteiger partial charge in [-0.25, -0.2) is 10.1 Å². The zero-order valence-electron chi connectivity index (χ0n) is 15.5. The fraction of sp³-hybridized carbons (Fsp3) is 0.200. The van der Waals surface area contributed by atoms with Gasteiger partial charge in [0.25, 0.3) is 5.91 Å². The molecule has 0 atom stereocenters. The van der Waals surface area contributed by atoms with E-state index in [2.05, 4.69) is 35.8 Å². The van der Waals surface area contributed by atoms with Gasteiger partial charge in [-0.2, -0.15) is 9.78 Å². The molecule has 1 aromatic carbocycles. The summed E-state index contributed by atoms with van der Waals surface area (Å²) >= 11 is 0. The van der Waals surface area contributed by atoms with Crippen molar-refractivity contribution in [2.75, 3.05) is 12.8 Å². The van der Waals surface area contributed by atoms with Gasteiger partial charge in [0, 0.05) is 11.6 Å². The second kappa shape index (κ2) is 7.71. The van der Waals surface area contributed by atoms with Crippen molar-refractivity contribution in [2.45, 2.75) is 13.8 Å². The number of nitro groups is 1. The Kier molecular flexibility index (Phi) is 5.16. The van der Waals surface area contributed by atoms with Gasteiger partial charge in [0.15, 0.2) is 11.4 Å². The van der Waals surface area contributed by atoms with Crippen molar-refractivity contribution in [3.05, 3.63) is 45.3 Å². The van der Waals surface area contributed by atoms with Crippen LogP contribution in [-0.2, 0) is 0 Å². The first-order valence-electron chi connectivity index (χ1n) is 8.01. The van der Waals surface area contributed by atoms with Gasteiger partial charge < -0.3 is 10.5 Å². The normalized spacial score (nSPS) is 11.3. The van der Waals surface area contributed by atoms with Crippen LogP contribution >= 0.6 is 0 Å². The van der Waals surface area contributed by atoms with E-state index in [1.54, 1.807) is 19.9 Å². The highest BCUT2D eigenvalue weighted by Gasteiger charge is 2.23. The first-order valence-corrected chi connectivity index (χ1v) is 8.01. The molecule has 2 aromatic heterocycles. The number of ether oxygens (including phenoxy) is 1. The van der Waals surface area contributed by atoms with Crippen molar-refractivity contribution in [1.82, 2.24) is 30.7 Å². The number of carbonyl (C=O) groups excluding carboxylic acids is 1. The van der Waals surface area contributed by atoms with Crippen molar-refractivity contribution < 1.29 is 19.1 Å². The van der Waals surface area contributed by atoms with Gasteiger partial charge in [0.1, 0.15) is 0 Å². The number of amides is 1. The molecule has 1 amide bonds. The number of nitrogens with one attached hydrogen (secondary N) is 1. The summed E-state index contributed by atoms with van der Waals surface area (Å²) in [4.78, 5) is 23.2. The molecule has 0 spiro atoms. The maximum Gasteiger partial charge on any atom is 0.311 e. The fourth-order valence-corrected chi connectivity index (χ4v) is 2.41. The topological polar surface area (TPSA) is 189 Å². The zero-order chi connectivity index (χ0) is 21.1. The van der Waals surface area contributed by atoms with Crippen LogP contribution in [0, 0.1) is 17.0 Å². The van der Waals surface area contributed by atoms with Gasteiger partial charge in [0.2, 0.25) is 11.6 Å². The Morgan fingerprint density at radius 3 is 2.79 bits per heavy atom. The van der Waals surface area contributed by atoms with E-state index in [0.717, 1.165) is 4.68 Å². The minimum Gasteiger partial charge on any atom is -0.490 e. The van der Waals surface area contributed by atoms with Crippen molar-refractivity contribution in [3.8, 4) is 11.6 Å². The van der Waals surface area contributed by atoms with Gasteiger partial charge in [-0.3, -0.25) is 14.9 Å². The number of rotatable bonds is 6. The summed E-state index contributed by atoms with van der Waals surface area (Å²) in [6, 6.07) is 4.32. The highest BCUT2D eigenvalue weighted by Crippen LogP contribution is 2.27. The van der Waals surface area contributed by atoms with Crippen LogP contribution in [0.25, 0.3) is 5.82 Å². The molecule has 150 valence electrons. The number of anilines is 1. The van der Waals surface area contributed by atoms with E-state index in [9.17, 15) is 14.9 Å².